The van der Waals surface area contributed by atoms with Crippen LogP contribution in [0.25, 0.3) is 0 Å². The number of rotatable bonds is 5. The van der Waals surface area contributed by atoms with E-state index in [1.165, 1.54) is 12.1 Å². The molecule has 0 saturated carbocycles. The highest BCUT2D eigenvalue weighted by atomic mass is 16.6. The van der Waals surface area contributed by atoms with Crippen molar-refractivity contribution >= 4 is 5.69 Å². The molecule has 0 fully saturated rings. The number of allylic oxidation sites excluding steroid dienone is 1. The quantitative estimate of drug-likeness (QED) is 0.348. The predicted octanol–water partition coefficient (Wildman–Crippen LogP) is 2.26. The van der Waals surface area contributed by atoms with Crippen molar-refractivity contribution in [3.05, 3.63) is 52.1 Å². The van der Waals surface area contributed by atoms with Crippen molar-refractivity contribution in [3.63, 3.8) is 0 Å². The van der Waals surface area contributed by atoms with E-state index in [2.05, 4.69) is 5.32 Å². The first kappa shape index (κ1) is 11.4. The second kappa shape index (κ2) is 5.93. The van der Waals surface area contributed by atoms with Gasteiger partial charge in [-0.25, -0.2) is 0 Å². The summed E-state index contributed by atoms with van der Waals surface area (Å²) in [7, 11) is 0. The maximum absolute atomic E-state index is 10.4. The maximum atomic E-state index is 10.4. The lowest BCUT2D eigenvalue weighted by molar-refractivity contribution is -0.384. The molecule has 0 unspecified atom stereocenters. The average molecular weight is 206 g/mol. The van der Waals surface area contributed by atoms with Gasteiger partial charge in [-0.2, -0.15) is 0 Å². The molecule has 4 nitrogen and oxygen atoms in total. The normalized spacial score (nSPS) is 10.7. The summed E-state index contributed by atoms with van der Waals surface area (Å²) in [5.74, 6) is 0. The lowest BCUT2D eigenvalue weighted by Gasteiger charge is -2.01. The van der Waals surface area contributed by atoms with Crippen molar-refractivity contribution in [2.45, 2.75) is 13.5 Å². The van der Waals surface area contributed by atoms with Gasteiger partial charge in [-0.05, 0) is 12.5 Å². The molecule has 0 aliphatic rings. The maximum Gasteiger partial charge on any atom is 0.269 e. The van der Waals surface area contributed by atoms with E-state index in [9.17, 15) is 10.1 Å². The first-order chi connectivity index (χ1) is 7.24. The molecule has 15 heavy (non-hydrogen) atoms. The number of nitrogens with one attached hydrogen (secondary N) is 1. The summed E-state index contributed by atoms with van der Waals surface area (Å²) in [6, 6.07) is 6.57. The van der Waals surface area contributed by atoms with Crippen molar-refractivity contribution in [2.75, 3.05) is 6.54 Å². The van der Waals surface area contributed by atoms with Gasteiger partial charge >= 0.3 is 0 Å². The third kappa shape index (κ3) is 3.91. The minimum Gasteiger partial charge on any atom is -0.309 e. The molecule has 0 heterocycles. The molecular weight excluding hydrogens is 192 g/mol. The van der Waals surface area contributed by atoms with Gasteiger partial charge in [0.1, 0.15) is 0 Å². The van der Waals surface area contributed by atoms with Crippen LogP contribution >= 0.6 is 0 Å². The van der Waals surface area contributed by atoms with Crippen LogP contribution in [0, 0.1) is 10.1 Å². The minimum atomic E-state index is -0.392. The lowest BCUT2D eigenvalue weighted by atomic mass is 10.2. The van der Waals surface area contributed by atoms with E-state index >= 15 is 0 Å². The van der Waals surface area contributed by atoms with E-state index in [0.29, 0.717) is 0 Å². The van der Waals surface area contributed by atoms with Gasteiger partial charge in [-0.3, -0.25) is 10.1 Å². The SMILES string of the molecule is C/C=C/CNCc1ccc([N+](=O)[O-])cc1. The number of nitro groups is 1. The Kier molecular flexibility index (Phi) is 4.50. The Balaban J connectivity index is 2.46. The van der Waals surface area contributed by atoms with E-state index in [1.807, 2.05) is 19.1 Å². The van der Waals surface area contributed by atoms with Gasteiger partial charge in [0.2, 0.25) is 0 Å². The van der Waals surface area contributed by atoms with Crippen molar-refractivity contribution in [3.8, 4) is 0 Å². The molecule has 0 saturated heterocycles. The van der Waals surface area contributed by atoms with Gasteiger partial charge in [0.25, 0.3) is 5.69 Å². The van der Waals surface area contributed by atoms with Crippen LogP contribution < -0.4 is 5.32 Å². The number of nitrogens with zero attached hydrogens (tertiary/aromatic N) is 1. The molecule has 0 radical (unpaired) electrons. The zero-order valence-corrected chi connectivity index (χ0v) is 8.64. The molecule has 0 atom stereocenters. The van der Waals surface area contributed by atoms with Crippen molar-refractivity contribution in [1.82, 2.24) is 5.32 Å². The topological polar surface area (TPSA) is 55.2 Å². The van der Waals surface area contributed by atoms with E-state index in [1.54, 1.807) is 12.1 Å². The molecule has 0 amide bonds. The smallest absolute Gasteiger partial charge is 0.269 e. The van der Waals surface area contributed by atoms with Gasteiger partial charge in [-0.1, -0.05) is 24.3 Å². The van der Waals surface area contributed by atoms with Crippen molar-refractivity contribution in [2.24, 2.45) is 0 Å². The molecule has 80 valence electrons. The summed E-state index contributed by atoms with van der Waals surface area (Å²) in [4.78, 5) is 10.0. The van der Waals surface area contributed by atoms with Crippen LogP contribution in [0.15, 0.2) is 36.4 Å². The van der Waals surface area contributed by atoms with Crippen LogP contribution in [-0.4, -0.2) is 11.5 Å². The largest absolute Gasteiger partial charge is 0.309 e. The first-order valence-electron chi connectivity index (χ1n) is 4.79. The Hall–Kier alpha value is -1.68. The molecular formula is C11H14N2O2. The number of nitro benzene ring substituents is 1. The monoisotopic (exact) mass is 206 g/mol. The lowest BCUT2D eigenvalue weighted by Crippen LogP contribution is -2.12. The van der Waals surface area contributed by atoms with Gasteiger partial charge in [-0.15, -0.1) is 0 Å². The van der Waals surface area contributed by atoms with E-state index in [4.69, 9.17) is 0 Å². The molecule has 1 aromatic carbocycles. The molecule has 1 aromatic rings. The zero-order chi connectivity index (χ0) is 11.1. The van der Waals surface area contributed by atoms with Gasteiger partial charge < -0.3 is 5.32 Å². The number of non-ortho nitro benzene ring substituents is 1. The summed E-state index contributed by atoms with van der Waals surface area (Å²) >= 11 is 0. The highest BCUT2D eigenvalue weighted by Crippen LogP contribution is 2.11. The molecule has 0 aliphatic heterocycles. The van der Waals surface area contributed by atoms with Crippen LogP contribution in [0.4, 0.5) is 5.69 Å². The Bertz CT molecular complexity index is 344. The van der Waals surface area contributed by atoms with Crippen LogP contribution in [0.2, 0.25) is 0 Å². The van der Waals surface area contributed by atoms with Crippen LogP contribution in [0.1, 0.15) is 12.5 Å². The molecule has 1 N–H and O–H groups in total. The summed E-state index contributed by atoms with van der Waals surface area (Å²) in [6.45, 7) is 3.50. The van der Waals surface area contributed by atoms with Crippen LogP contribution in [0.3, 0.4) is 0 Å². The molecule has 1 rings (SSSR count). The zero-order valence-electron chi connectivity index (χ0n) is 8.64. The molecule has 0 aliphatic carbocycles. The van der Waals surface area contributed by atoms with Crippen LogP contribution in [0.5, 0.6) is 0 Å². The summed E-state index contributed by atoms with van der Waals surface area (Å²) in [6.07, 6.45) is 3.99. The fourth-order valence-electron chi connectivity index (χ4n) is 1.15. The third-order valence-electron chi connectivity index (χ3n) is 1.97. The van der Waals surface area contributed by atoms with Crippen molar-refractivity contribution in [1.29, 1.82) is 0 Å². The molecule has 0 spiro atoms. The Morgan fingerprint density at radius 1 is 1.40 bits per heavy atom. The van der Waals surface area contributed by atoms with Gasteiger partial charge in [0, 0.05) is 25.2 Å². The second-order valence-electron chi connectivity index (χ2n) is 3.12. The number of hydrogen-bond donors (Lipinski definition) is 1. The summed E-state index contributed by atoms with van der Waals surface area (Å²) in [5, 5.41) is 13.6. The van der Waals surface area contributed by atoms with Gasteiger partial charge in [0.05, 0.1) is 4.92 Å². The number of hydrogen-bond acceptors (Lipinski definition) is 3. The second-order valence-corrected chi connectivity index (χ2v) is 3.12. The van der Waals surface area contributed by atoms with E-state index < -0.39 is 4.92 Å². The van der Waals surface area contributed by atoms with Crippen molar-refractivity contribution < 1.29 is 4.92 Å². The third-order valence-corrected chi connectivity index (χ3v) is 1.97. The van der Waals surface area contributed by atoms with E-state index in [0.717, 1.165) is 18.7 Å². The fourth-order valence-corrected chi connectivity index (χ4v) is 1.15. The fraction of sp³-hybridized carbons (Fsp3) is 0.273. The Morgan fingerprint density at radius 2 is 2.07 bits per heavy atom. The highest BCUT2D eigenvalue weighted by Gasteiger charge is 2.02. The van der Waals surface area contributed by atoms with E-state index in [-0.39, 0.29) is 5.69 Å². The van der Waals surface area contributed by atoms with Crippen LogP contribution in [-0.2, 0) is 6.54 Å². The predicted molar refractivity (Wildman–Crippen MR) is 59.6 cm³/mol. The number of benzene rings is 1. The average Bonchev–Trinajstić information content (AvgIpc) is 2.25. The Morgan fingerprint density at radius 3 is 2.60 bits per heavy atom. The summed E-state index contributed by atoms with van der Waals surface area (Å²) < 4.78 is 0. The standard InChI is InChI=1S/C11H14N2O2/c1-2-3-8-12-9-10-4-6-11(7-5-10)13(14)15/h2-7,12H,8-9H2,1H3/b3-2+. The first-order valence-corrected chi connectivity index (χ1v) is 4.79. The van der Waals surface area contributed by atoms with Gasteiger partial charge in [0.15, 0.2) is 0 Å². The summed E-state index contributed by atoms with van der Waals surface area (Å²) in [5.41, 5.74) is 1.18. The highest BCUT2D eigenvalue weighted by molar-refractivity contribution is 5.32. The molecule has 0 bridgehead atoms. The minimum absolute atomic E-state index is 0.132. The Labute approximate surface area is 88.8 Å². The molecule has 0 aromatic heterocycles. The molecule has 4 heteroatoms.